The number of hydrogen-bond acceptors (Lipinski definition) is 4. The molecule has 0 aliphatic carbocycles. The van der Waals surface area contributed by atoms with E-state index < -0.39 is 0 Å². The summed E-state index contributed by atoms with van der Waals surface area (Å²) >= 11 is 0. The number of carbonyl (C=O) groups excluding carboxylic acids is 1. The molecule has 0 N–H and O–H groups in total. The first-order chi connectivity index (χ1) is 17.7. The summed E-state index contributed by atoms with van der Waals surface area (Å²) in [6, 6.07) is 27.5. The van der Waals surface area contributed by atoms with Crippen LogP contribution < -0.4 is 4.74 Å². The van der Waals surface area contributed by atoms with Crippen molar-refractivity contribution in [2.24, 2.45) is 5.92 Å². The Kier molecular flexibility index (Phi) is 7.99. The highest BCUT2D eigenvalue weighted by atomic mass is 16.5. The van der Waals surface area contributed by atoms with Gasteiger partial charge in [-0.15, -0.1) is 0 Å². The molecule has 5 heteroatoms. The molecule has 188 valence electrons. The van der Waals surface area contributed by atoms with Crippen molar-refractivity contribution >= 4 is 5.91 Å². The lowest BCUT2D eigenvalue weighted by molar-refractivity contribution is -0.139. The highest BCUT2D eigenvalue weighted by Gasteiger charge is 2.31. The van der Waals surface area contributed by atoms with Crippen molar-refractivity contribution in [2.75, 3.05) is 46.4 Å². The van der Waals surface area contributed by atoms with Crippen LogP contribution in [0, 0.1) is 5.92 Å². The molecular weight excluding hydrogens is 446 g/mol. The number of piperidine rings is 1. The van der Waals surface area contributed by atoms with Gasteiger partial charge in [0.05, 0.1) is 13.0 Å². The van der Waals surface area contributed by atoms with Gasteiger partial charge in [0.25, 0.3) is 0 Å². The van der Waals surface area contributed by atoms with Gasteiger partial charge in [-0.3, -0.25) is 14.6 Å². The predicted molar refractivity (Wildman–Crippen MR) is 145 cm³/mol. The topological polar surface area (TPSA) is 36.0 Å². The predicted octanol–water partition coefficient (Wildman–Crippen LogP) is 4.92. The van der Waals surface area contributed by atoms with Crippen molar-refractivity contribution in [2.45, 2.75) is 25.9 Å². The number of rotatable bonds is 7. The molecule has 3 aromatic rings. The van der Waals surface area contributed by atoms with E-state index in [-0.39, 0.29) is 5.92 Å². The van der Waals surface area contributed by atoms with Crippen molar-refractivity contribution in [3.8, 4) is 16.9 Å². The number of likely N-dealkylation sites (tertiary alicyclic amines) is 1. The molecule has 0 saturated carbocycles. The lowest BCUT2D eigenvalue weighted by Gasteiger charge is -2.39. The van der Waals surface area contributed by atoms with Crippen LogP contribution in [0.25, 0.3) is 11.1 Å². The number of carbonyl (C=O) groups is 1. The average Bonchev–Trinajstić information content (AvgIpc) is 2.94. The van der Waals surface area contributed by atoms with Gasteiger partial charge in [0.1, 0.15) is 5.75 Å². The van der Waals surface area contributed by atoms with E-state index in [2.05, 4.69) is 75.4 Å². The van der Waals surface area contributed by atoms with Crippen LogP contribution in [-0.2, 0) is 17.9 Å². The maximum absolute atomic E-state index is 13.4. The molecule has 0 spiro atoms. The molecule has 2 aliphatic rings. The lowest BCUT2D eigenvalue weighted by atomic mass is 9.95. The van der Waals surface area contributed by atoms with E-state index >= 15 is 0 Å². The molecule has 1 atom stereocenters. The van der Waals surface area contributed by atoms with Crippen LogP contribution in [0.4, 0.5) is 0 Å². The summed E-state index contributed by atoms with van der Waals surface area (Å²) in [5, 5.41) is 0. The van der Waals surface area contributed by atoms with Gasteiger partial charge >= 0.3 is 0 Å². The molecule has 36 heavy (non-hydrogen) atoms. The van der Waals surface area contributed by atoms with Crippen molar-refractivity contribution < 1.29 is 9.53 Å². The number of hydrogen-bond donors (Lipinski definition) is 0. The Bertz CT molecular complexity index is 1140. The number of amides is 1. The molecule has 0 bridgehead atoms. The molecule has 2 saturated heterocycles. The van der Waals surface area contributed by atoms with Crippen LogP contribution in [0.15, 0.2) is 78.9 Å². The van der Waals surface area contributed by atoms with Gasteiger partial charge in [-0.25, -0.2) is 0 Å². The first-order valence-electron chi connectivity index (χ1n) is 13.2. The van der Waals surface area contributed by atoms with Crippen molar-refractivity contribution in [1.29, 1.82) is 0 Å². The van der Waals surface area contributed by atoms with E-state index in [1.54, 1.807) is 7.11 Å². The fourth-order valence-corrected chi connectivity index (χ4v) is 5.61. The summed E-state index contributed by atoms with van der Waals surface area (Å²) in [4.78, 5) is 20.4. The second-order valence-electron chi connectivity index (χ2n) is 10.1. The molecule has 5 nitrogen and oxygen atoms in total. The first-order valence-corrected chi connectivity index (χ1v) is 13.2. The summed E-state index contributed by atoms with van der Waals surface area (Å²) in [5.41, 5.74) is 4.90. The minimum Gasteiger partial charge on any atom is -0.496 e. The maximum atomic E-state index is 13.4. The van der Waals surface area contributed by atoms with Crippen LogP contribution in [0.2, 0.25) is 0 Å². The van der Waals surface area contributed by atoms with E-state index in [4.69, 9.17) is 4.74 Å². The summed E-state index contributed by atoms with van der Waals surface area (Å²) < 4.78 is 5.57. The highest BCUT2D eigenvalue weighted by molar-refractivity contribution is 5.79. The van der Waals surface area contributed by atoms with Crippen LogP contribution in [0.5, 0.6) is 5.75 Å². The van der Waals surface area contributed by atoms with Gasteiger partial charge in [0, 0.05) is 51.4 Å². The molecule has 5 rings (SSSR count). The number of piperazine rings is 1. The van der Waals surface area contributed by atoms with Crippen molar-refractivity contribution in [1.82, 2.24) is 14.7 Å². The van der Waals surface area contributed by atoms with Gasteiger partial charge < -0.3 is 9.64 Å². The third kappa shape index (κ3) is 5.97. The minimum absolute atomic E-state index is 0.108. The average molecular weight is 484 g/mol. The highest BCUT2D eigenvalue weighted by Crippen LogP contribution is 2.30. The van der Waals surface area contributed by atoms with Gasteiger partial charge in [-0.1, -0.05) is 66.7 Å². The molecule has 0 radical (unpaired) electrons. The van der Waals surface area contributed by atoms with E-state index in [0.717, 1.165) is 76.5 Å². The van der Waals surface area contributed by atoms with E-state index in [0.29, 0.717) is 5.91 Å². The van der Waals surface area contributed by atoms with E-state index in [9.17, 15) is 4.79 Å². The fraction of sp³-hybridized carbons (Fsp3) is 0.387. The molecular formula is C31H37N3O2. The number of methoxy groups -OCH3 is 1. The van der Waals surface area contributed by atoms with Crippen LogP contribution >= 0.6 is 0 Å². The SMILES string of the molecule is COc1ccccc1-c1cccc(CN2CCCC(C(=O)N3CCN(Cc4ccccc4)CC3)C2)c1. The van der Waals surface area contributed by atoms with Gasteiger partial charge in [-0.2, -0.15) is 0 Å². The van der Waals surface area contributed by atoms with Crippen LogP contribution in [0.1, 0.15) is 24.0 Å². The standard InChI is InChI=1S/C31H37N3O2/c1-36-30-15-6-5-14-29(30)27-12-7-11-26(21-27)23-33-16-8-13-28(24-33)31(35)34-19-17-32(18-20-34)22-25-9-3-2-4-10-25/h2-7,9-12,14-15,21,28H,8,13,16-20,22-24H2,1H3. The summed E-state index contributed by atoms with van der Waals surface area (Å²) in [5.74, 6) is 1.35. The van der Waals surface area contributed by atoms with E-state index in [1.165, 1.54) is 16.7 Å². The third-order valence-electron chi connectivity index (χ3n) is 7.54. The van der Waals surface area contributed by atoms with E-state index in [1.807, 2.05) is 18.2 Å². The summed E-state index contributed by atoms with van der Waals surface area (Å²) in [6.07, 6.45) is 2.08. The lowest BCUT2D eigenvalue weighted by Crippen LogP contribution is -2.52. The summed E-state index contributed by atoms with van der Waals surface area (Å²) in [7, 11) is 1.72. The van der Waals surface area contributed by atoms with Crippen LogP contribution in [-0.4, -0.2) is 67.0 Å². The minimum atomic E-state index is 0.108. The monoisotopic (exact) mass is 483 g/mol. The number of benzene rings is 3. The Hall–Kier alpha value is -3.15. The third-order valence-corrected chi connectivity index (χ3v) is 7.54. The fourth-order valence-electron chi connectivity index (χ4n) is 5.61. The summed E-state index contributed by atoms with van der Waals surface area (Å²) in [6.45, 7) is 7.31. The Morgan fingerprint density at radius 2 is 1.53 bits per heavy atom. The van der Waals surface area contributed by atoms with Crippen LogP contribution in [0.3, 0.4) is 0 Å². The molecule has 1 amide bonds. The Balaban J connectivity index is 1.16. The Morgan fingerprint density at radius 3 is 2.33 bits per heavy atom. The molecule has 2 aliphatic heterocycles. The quantitative estimate of drug-likeness (QED) is 0.478. The second kappa shape index (κ2) is 11.7. The number of ether oxygens (including phenoxy) is 1. The smallest absolute Gasteiger partial charge is 0.227 e. The zero-order valence-electron chi connectivity index (χ0n) is 21.3. The molecule has 0 aromatic heterocycles. The van der Waals surface area contributed by atoms with Gasteiger partial charge in [-0.05, 0) is 48.2 Å². The van der Waals surface area contributed by atoms with Gasteiger partial charge in [0.2, 0.25) is 5.91 Å². The molecule has 1 unspecified atom stereocenters. The second-order valence-corrected chi connectivity index (χ2v) is 10.1. The van der Waals surface area contributed by atoms with Crippen molar-refractivity contribution in [3.63, 3.8) is 0 Å². The normalized spacial score (nSPS) is 19.2. The molecule has 3 aromatic carbocycles. The molecule has 2 heterocycles. The first kappa shape index (κ1) is 24.5. The van der Waals surface area contributed by atoms with Crippen molar-refractivity contribution in [3.05, 3.63) is 90.0 Å². The maximum Gasteiger partial charge on any atom is 0.227 e. The number of nitrogens with zero attached hydrogens (tertiary/aromatic N) is 3. The zero-order valence-corrected chi connectivity index (χ0v) is 21.3. The Morgan fingerprint density at radius 1 is 0.806 bits per heavy atom. The molecule has 2 fully saturated rings. The Labute approximate surface area is 215 Å². The number of para-hydroxylation sites is 1. The van der Waals surface area contributed by atoms with Gasteiger partial charge in [0.15, 0.2) is 0 Å². The largest absolute Gasteiger partial charge is 0.496 e. The zero-order chi connectivity index (χ0) is 24.7.